The molecule has 0 aromatic rings. The summed E-state index contributed by atoms with van der Waals surface area (Å²) in [6.45, 7) is 6.09. The van der Waals surface area contributed by atoms with Crippen LogP contribution in [0.1, 0.15) is 0 Å². The Morgan fingerprint density at radius 2 is 2.50 bits per heavy atom. The molecule has 0 saturated heterocycles. The van der Waals surface area contributed by atoms with Crippen LogP contribution >= 0.6 is 0 Å². The molecular formula is C3N2Pt. The van der Waals surface area contributed by atoms with Gasteiger partial charge in [0.2, 0.25) is 0 Å². The molecule has 0 fully saturated rings. The SMILES string of the molecule is [C-]#[N+]C#C[N]=[Pt]. The zero-order chi connectivity index (χ0) is 4.83. The van der Waals surface area contributed by atoms with E-state index >= 15 is 0 Å². The van der Waals surface area contributed by atoms with Crippen LogP contribution in [0.4, 0.5) is 0 Å². The third-order valence-electron chi connectivity index (χ3n) is 0.141. The first kappa shape index (κ1) is 5.54. The number of rotatable bonds is 0. The molecule has 0 N–H and O–H groups in total. The van der Waals surface area contributed by atoms with Gasteiger partial charge in [0.1, 0.15) is 0 Å². The summed E-state index contributed by atoms with van der Waals surface area (Å²) in [5, 5.41) is 0. The van der Waals surface area contributed by atoms with Crippen LogP contribution < -0.4 is 0 Å². The van der Waals surface area contributed by atoms with Crippen molar-refractivity contribution in [2.75, 3.05) is 0 Å². The van der Waals surface area contributed by atoms with Crippen LogP contribution in [-0.2, 0) is 19.6 Å². The third kappa shape index (κ3) is 3.54. The van der Waals surface area contributed by atoms with Gasteiger partial charge in [-0.25, -0.2) is 0 Å². The number of nitrogens with zero attached hydrogens (tertiary/aromatic N) is 2. The fourth-order valence-corrected chi connectivity index (χ4v) is 0.154. The van der Waals surface area contributed by atoms with E-state index in [0.717, 1.165) is 0 Å². The molecule has 0 spiro atoms. The second-order valence-electron chi connectivity index (χ2n) is 0.406. The molecule has 0 rings (SSSR count). The number of hydrogen-bond acceptors (Lipinski definition) is 1. The van der Waals surface area contributed by atoms with Gasteiger partial charge >= 0.3 is 46.6 Å². The van der Waals surface area contributed by atoms with Gasteiger partial charge in [-0.15, -0.1) is 0 Å². The first-order chi connectivity index (χ1) is 2.91. The molecule has 2 nitrogen and oxygen atoms in total. The van der Waals surface area contributed by atoms with Gasteiger partial charge in [0.25, 0.3) is 0 Å². The quantitative estimate of drug-likeness (QED) is 0.446. The van der Waals surface area contributed by atoms with Gasteiger partial charge in [-0.3, -0.25) is 0 Å². The van der Waals surface area contributed by atoms with Crippen LogP contribution in [0.2, 0.25) is 0 Å². The summed E-state index contributed by atoms with van der Waals surface area (Å²) in [5.74, 6) is 0. The van der Waals surface area contributed by atoms with Gasteiger partial charge in [-0.2, -0.15) is 0 Å². The summed E-state index contributed by atoms with van der Waals surface area (Å²) in [6.07, 6.45) is 0. The Hall–Kier alpha value is -0.462. The first-order valence-corrected chi connectivity index (χ1v) is 2.08. The summed E-state index contributed by atoms with van der Waals surface area (Å²) in [5.41, 5.74) is 0. The average molecular weight is 259 g/mol. The van der Waals surface area contributed by atoms with Crippen molar-refractivity contribution < 1.29 is 19.6 Å². The molecular weight excluding hydrogens is 259 g/mol. The minimum atomic E-state index is 1.71. The molecule has 0 bridgehead atoms. The Morgan fingerprint density at radius 3 is 2.67 bits per heavy atom. The summed E-state index contributed by atoms with van der Waals surface area (Å²) in [7, 11) is 0. The van der Waals surface area contributed by atoms with Gasteiger partial charge in [0.15, 0.2) is 0 Å². The fourth-order valence-electron chi connectivity index (χ4n) is 0.0408. The zero-order valence-corrected chi connectivity index (χ0v) is 4.98. The molecule has 0 amide bonds. The Labute approximate surface area is 47.1 Å². The average Bonchev–Trinajstić information content (AvgIpc) is 1.61. The molecule has 0 aromatic carbocycles. The summed E-state index contributed by atoms with van der Waals surface area (Å²) in [6, 6.07) is 4.27. The van der Waals surface area contributed by atoms with E-state index in [-0.39, 0.29) is 0 Å². The fraction of sp³-hybridized carbons (Fsp3) is 0. The van der Waals surface area contributed by atoms with Crippen molar-refractivity contribution in [3.05, 3.63) is 11.4 Å². The Balaban J connectivity index is 3.50. The van der Waals surface area contributed by atoms with Crippen LogP contribution in [-0.4, -0.2) is 0 Å². The molecule has 0 aliphatic carbocycles. The normalized spacial score (nSPS) is 4.17. The third-order valence-corrected chi connectivity index (χ3v) is 0.395. The molecule has 0 unspecified atom stereocenters. The van der Waals surface area contributed by atoms with E-state index in [4.69, 9.17) is 6.57 Å². The Morgan fingerprint density at radius 1 is 1.83 bits per heavy atom. The van der Waals surface area contributed by atoms with Crippen LogP contribution in [0.15, 0.2) is 3.50 Å². The zero-order valence-electron chi connectivity index (χ0n) is 2.71. The van der Waals surface area contributed by atoms with Gasteiger partial charge in [0.05, 0.1) is 0 Å². The number of hydrogen-bond donors (Lipinski definition) is 0. The maximum atomic E-state index is 6.09. The van der Waals surface area contributed by atoms with Crippen LogP contribution in [0.25, 0.3) is 4.85 Å². The first-order valence-electron chi connectivity index (χ1n) is 1.06. The van der Waals surface area contributed by atoms with E-state index in [1.807, 2.05) is 0 Å². The monoisotopic (exact) mass is 259 g/mol. The van der Waals surface area contributed by atoms with Crippen molar-refractivity contribution in [1.29, 1.82) is 0 Å². The van der Waals surface area contributed by atoms with Crippen molar-refractivity contribution in [2.45, 2.75) is 0 Å². The summed E-state index contributed by atoms with van der Waals surface area (Å²) in [4.78, 5) is 2.72. The topological polar surface area (TPSA) is 16.7 Å². The van der Waals surface area contributed by atoms with Crippen molar-refractivity contribution >= 4 is 0 Å². The minimum absolute atomic E-state index is 1.71. The maximum absolute atomic E-state index is 6.09. The van der Waals surface area contributed by atoms with Gasteiger partial charge in [0, 0.05) is 0 Å². The Kier molecular flexibility index (Phi) is 4.19. The van der Waals surface area contributed by atoms with Crippen molar-refractivity contribution in [3.8, 4) is 12.1 Å². The van der Waals surface area contributed by atoms with Crippen molar-refractivity contribution in [2.24, 2.45) is 3.50 Å². The van der Waals surface area contributed by atoms with Gasteiger partial charge in [-0.1, -0.05) is 0 Å². The molecule has 0 atom stereocenters. The molecule has 0 heterocycles. The van der Waals surface area contributed by atoms with E-state index in [1.165, 1.54) is 0 Å². The van der Waals surface area contributed by atoms with Crippen LogP contribution in [0, 0.1) is 18.7 Å². The molecule has 3 heteroatoms. The predicted molar refractivity (Wildman–Crippen MR) is 16.8 cm³/mol. The van der Waals surface area contributed by atoms with E-state index in [9.17, 15) is 0 Å². The second-order valence-corrected chi connectivity index (χ2v) is 0.914. The Bertz CT molecular complexity index is 133. The van der Waals surface area contributed by atoms with E-state index < -0.39 is 0 Å². The summed E-state index contributed by atoms with van der Waals surface area (Å²) >= 11 is 1.71. The van der Waals surface area contributed by atoms with Gasteiger partial charge in [-0.05, 0) is 0 Å². The predicted octanol–water partition coefficient (Wildman–Crippen LogP) is 0.554. The molecule has 0 aromatic heterocycles. The molecule has 0 aliphatic heterocycles. The van der Waals surface area contributed by atoms with Gasteiger partial charge < -0.3 is 0 Å². The van der Waals surface area contributed by atoms with E-state index in [1.54, 1.807) is 19.6 Å². The van der Waals surface area contributed by atoms with Crippen molar-refractivity contribution in [3.63, 3.8) is 0 Å². The van der Waals surface area contributed by atoms with Crippen LogP contribution in [0.5, 0.6) is 0 Å². The van der Waals surface area contributed by atoms with Crippen LogP contribution in [0.3, 0.4) is 0 Å². The van der Waals surface area contributed by atoms with E-state index in [2.05, 4.69) is 20.4 Å². The molecule has 0 radical (unpaired) electrons. The summed E-state index contributed by atoms with van der Waals surface area (Å²) < 4.78 is 3.32. The second kappa shape index (κ2) is 4.54. The van der Waals surface area contributed by atoms with Crippen molar-refractivity contribution in [1.82, 2.24) is 0 Å². The standard InChI is InChI=1S/C3N2.Pt/c1-5-3-2-4;. The molecule has 32 valence electrons. The molecule has 6 heavy (non-hydrogen) atoms. The van der Waals surface area contributed by atoms with E-state index in [0.29, 0.717) is 0 Å². The molecule has 0 saturated carbocycles. The molecule has 0 aliphatic rings.